The first-order chi connectivity index (χ1) is 14.6. The number of aromatic nitrogens is 3. The van der Waals surface area contributed by atoms with E-state index in [0.717, 1.165) is 16.8 Å². The molecule has 1 N–H and O–H groups in total. The molecule has 0 unspecified atom stereocenters. The topological polar surface area (TPSA) is 94.1 Å². The van der Waals surface area contributed by atoms with Crippen LogP contribution in [0.5, 0.6) is 0 Å². The predicted molar refractivity (Wildman–Crippen MR) is 115 cm³/mol. The summed E-state index contributed by atoms with van der Waals surface area (Å²) >= 11 is 1.21. The molecule has 2 aromatic heterocycles. The summed E-state index contributed by atoms with van der Waals surface area (Å²) < 4.78 is 11.4. The number of thioether (sulfide) groups is 1. The van der Waals surface area contributed by atoms with Gasteiger partial charge in [0.15, 0.2) is 5.76 Å². The van der Waals surface area contributed by atoms with E-state index >= 15 is 0 Å². The van der Waals surface area contributed by atoms with Crippen molar-refractivity contribution in [2.45, 2.75) is 25.0 Å². The highest BCUT2D eigenvalue weighted by Gasteiger charge is 2.18. The largest absolute Gasteiger partial charge is 0.431 e. The Labute approximate surface area is 177 Å². The molecule has 4 rings (SSSR count). The molecule has 4 aromatic rings. The number of hydrogen-bond donors (Lipinski definition) is 1. The van der Waals surface area contributed by atoms with E-state index in [4.69, 9.17) is 8.83 Å². The number of rotatable bonds is 7. The van der Waals surface area contributed by atoms with Crippen LogP contribution in [0.1, 0.15) is 25.7 Å². The molecule has 0 spiro atoms. The van der Waals surface area contributed by atoms with Crippen LogP contribution in [0.2, 0.25) is 0 Å². The molecule has 0 radical (unpaired) electrons. The molecule has 0 aliphatic heterocycles. The molecule has 0 aliphatic rings. The van der Waals surface area contributed by atoms with Crippen molar-refractivity contribution >= 4 is 23.7 Å². The van der Waals surface area contributed by atoms with Gasteiger partial charge < -0.3 is 8.83 Å². The lowest BCUT2D eigenvalue weighted by molar-refractivity contribution is -0.113. The van der Waals surface area contributed by atoms with Crippen LogP contribution < -0.4 is 5.32 Å². The van der Waals surface area contributed by atoms with Crippen LogP contribution in [0.25, 0.3) is 22.6 Å². The van der Waals surface area contributed by atoms with Gasteiger partial charge >= 0.3 is 6.01 Å². The van der Waals surface area contributed by atoms with Crippen LogP contribution in [-0.4, -0.2) is 26.8 Å². The van der Waals surface area contributed by atoms with Crippen molar-refractivity contribution in [1.29, 1.82) is 0 Å². The van der Waals surface area contributed by atoms with Gasteiger partial charge in [-0.15, -0.1) is 5.10 Å². The van der Waals surface area contributed by atoms with Gasteiger partial charge in [-0.25, -0.2) is 4.98 Å². The third kappa shape index (κ3) is 4.60. The second-order valence-corrected chi connectivity index (χ2v) is 7.75. The molecule has 0 bridgehead atoms. The molecule has 0 aliphatic carbocycles. The van der Waals surface area contributed by atoms with Crippen molar-refractivity contribution in [3.05, 3.63) is 66.6 Å². The van der Waals surface area contributed by atoms with E-state index in [-0.39, 0.29) is 23.6 Å². The van der Waals surface area contributed by atoms with Gasteiger partial charge in [0.2, 0.25) is 11.8 Å². The molecule has 0 fully saturated rings. The van der Waals surface area contributed by atoms with Crippen molar-refractivity contribution in [2.24, 2.45) is 0 Å². The molecule has 152 valence electrons. The van der Waals surface area contributed by atoms with Crippen molar-refractivity contribution in [3.8, 4) is 22.6 Å². The fourth-order valence-electron chi connectivity index (χ4n) is 2.74. The lowest BCUT2D eigenvalue weighted by Crippen LogP contribution is -2.14. The van der Waals surface area contributed by atoms with Gasteiger partial charge in [0, 0.05) is 17.0 Å². The SMILES string of the molecule is CC(C)c1nnc(NC(=O)CSc2nc(-c3ccccc3)c(-c3ccccc3)o2)o1. The molecule has 7 nitrogen and oxygen atoms in total. The molecule has 2 aromatic carbocycles. The Kier molecular flexibility index (Phi) is 5.94. The number of hydrogen-bond acceptors (Lipinski definition) is 7. The van der Waals surface area contributed by atoms with Gasteiger partial charge in [-0.2, -0.15) is 0 Å². The number of benzene rings is 2. The van der Waals surface area contributed by atoms with Gasteiger partial charge in [-0.1, -0.05) is 91.4 Å². The van der Waals surface area contributed by atoms with Gasteiger partial charge in [0.1, 0.15) is 5.69 Å². The Bertz CT molecular complexity index is 1070. The number of oxazole rings is 1. The summed E-state index contributed by atoms with van der Waals surface area (Å²) in [5.74, 6) is 1.06. The highest BCUT2D eigenvalue weighted by molar-refractivity contribution is 7.99. The van der Waals surface area contributed by atoms with E-state index < -0.39 is 0 Å². The molecule has 0 saturated heterocycles. The number of carbonyl (C=O) groups excluding carboxylic acids is 1. The first kappa shape index (κ1) is 19.9. The van der Waals surface area contributed by atoms with E-state index in [9.17, 15) is 4.79 Å². The number of anilines is 1. The zero-order valence-corrected chi connectivity index (χ0v) is 17.3. The molecule has 0 saturated carbocycles. The highest BCUT2D eigenvalue weighted by atomic mass is 32.2. The summed E-state index contributed by atoms with van der Waals surface area (Å²) in [6.45, 7) is 3.87. The highest BCUT2D eigenvalue weighted by Crippen LogP contribution is 2.35. The zero-order valence-electron chi connectivity index (χ0n) is 16.5. The Morgan fingerprint density at radius 3 is 2.27 bits per heavy atom. The fraction of sp³-hybridized carbons (Fsp3) is 0.182. The van der Waals surface area contributed by atoms with Gasteiger partial charge in [0.25, 0.3) is 5.22 Å². The number of carbonyl (C=O) groups is 1. The second-order valence-electron chi connectivity index (χ2n) is 6.83. The maximum absolute atomic E-state index is 12.3. The van der Waals surface area contributed by atoms with Crippen LogP contribution in [0.3, 0.4) is 0 Å². The molecule has 2 heterocycles. The molecule has 1 amide bonds. The smallest absolute Gasteiger partial charge is 0.322 e. The number of amides is 1. The standard InChI is InChI=1S/C22H20N4O3S/c1-14(2)20-25-26-21(29-20)23-17(27)13-30-22-24-18(15-9-5-3-6-10-15)19(28-22)16-11-7-4-8-12-16/h3-12,14H,13H2,1-2H3,(H,23,26,27). The van der Waals surface area contributed by atoms with Crippen LogP contribution in [-0.2, 0) is 4.79 Å². The maximum Gasteiger partial charge on any atom is 0.322 e. The molecular formula is C22H20N4O3S. The Morgan fingerprint density at radius 1 is 0.967 bits per heavy atom. The summed E-state index contributed by atoms with van der Waals surface area (Å²) in [4.78, 5) is 16.9. The van der Waals surface area contributed by atoms with Crippen LogP contribution >= 0.6 is 11.8 Å². The average molecular weight is 420 g/mol. The van der Waals surface area contributed by atoms with Gasteiger partial charge in [-0.3, -0.25) is 10.1 Å². The van der Waals surface area contributed by atoms with Crippen molar-refractivity contribution in [1.82, 2.24) is 15.2 Å². The summed E-state index contributed by atoms with van der Waals surface area (Å²) in [5.41, 5.74) is 2.61. The molecule has 30 heavy (non-hydrogen) atoms. The molecular weight excluding hydrogens is 400 g/mol. The van der Waals surface area contributed by atoms with Crippen molar-refractivity contribution in [3.63, 3.8) is 0 Å². The van der Waals surface area contributed by atoms with Crippen LogP contribution in [0, 0.1) is 0 Å². The van der Waals surface area contributed by atoms with Crippen LogP contribution in [0.15, 0.2) is 74.7 Å². The fourth-order valence-corrected chi connectivity index (χ4v) is 3.36. The third-order valence-electron chi connectivity index (χ3n) is 4.20. The summed E-state index contributed by atoms with van der Waals surface area (Å²) in [7, 11) is 0. The maximum atomic E-state index is 12.3. The predicted octanol–water partition coefficient (Wildman–Crippen LogP) is 5.25. The quantitative estimate of drug-likeness (QED) is 0.408. The van der Waals surface area contributed by atoms with Crippen molar-refractivity contribution < 1.29 is 13.6 Å². The van der Waals surface area contributed by atoms with Gasteiger partial charge in [-0.05, 0) is 0 Å². The van der Waals surface area contributed by atoms with Crippen molar-refractivity contribution in [2.75, 3.05) is 11.1 Å². The zero-order chi connectivity index (χ0) is 20.9. The minimum absolute atomic E-state index is 0.0895. The summed E-state index contributed by atoms with van der Waals surface area (Å²) in [6, 6.07) is 19.7. The minimum atomic E-state index is -0.278. The third-order valence-corrected chi connectivity index (χ3v) is 5.03. The average Bonchev–Trinajstić information content (AvgIpc) is 3.41. The van der Waals surface area contributed by atoms with E-state index in [1.54, 1.807) is 0 Å². The minimum Gasteiger partial charge on any atom is -0.431 e. The Morgan fingerprint density at radius 2 is 1.63 bits per heavy atom. The lowest BCUT2D eigenvalue weighted by Gasteiger charge is -2.00. The van der Waals surface area contributed by atoms with Crippen LogP contribution in [0.4, 0.5) is 6.01 Å². The van der Waals surface area contributed by atoms with Gasteiger partial charge in [0.05, 0.1) is 5.75 Å². The summed E-state index contributed by atoms with van der Waals surface area (Å²) in [5, 5.41) is 10.7. The molecule has 0 atom stereocenters. The normalized spacial score (nSPS) is 11.0. The number of nitrogens with one attached hydrogen (secondary N) is 1. The van der Waals surface area contributed by atoms with E-state index in [1.807, 2.05) is 74.5 Å². The lowest BCUT2D eigenvalue weighted by atomic mass is 10.1. The van der Waals surface area contributed by atoms with E-state index in [2.05, 4.69) is 20.5 Å². The Hall–Kier alpha value is -3.39. The van der Waals surface area contributed by atoms with E-state index in [1.165, 1.54) is 11.8 Å². The first-order valence-electron chi connectivity index (χ1n) is 9.48. The summed E-state index contributed by atoms with van der Waals surface area (Å²) in [6.07, 6.45) is 0. The number of nitrogens with zero attached hydrogens (tertiary/aromatic N) is 3. The monoisotopic (exact) mass is 420 g/mol. The first-order valence-corrected chi connectivity index (χ1v) is 10.5. The Balaban J connectivity index is 1.50. The molecule has 8 heteroatoms. The second kappa shape index (κ2) is 8.96. The van der Waals surface area contributed by atoms with E-state index in [0.29, 0.717) is 16.9 Å².